The fourth-order valence-corrected chi connectivity index (χ4v) is 3.95. The van der Waals surface area contributed by atoms with E-state index in [0.717, 1.165) is 11.0 Å². The molecule has 1 aliphatic rings. The molecular weight excluding hydrogens is 358 g/mol. The minimum Gasteiger partial charge on any atom is -1.00 e. The molecule has 1 aliphatic heterocycles. The zero-order valence-corrected chi connectivity index (χ0v) is 16.0. The Morgan fingerprint density at radius 3 is 2.21 bits per heavy atom. The zero-order chi connectivity index (χ0) is 16.0. The average molecular weight is 380 g/mol. The van der Waals surface area contributed by atoms with Crippen LogP contribution in [0.25, 0.3) is 16.3 Å². The van der Waals surface area contributed by atoms with Crippen molar-refractivity contribution in [2.24, 2.45) is 0 Å². The molecule has 1 unspecified atom stereocenters. The van der Waals surface area contributed by atoms with Crippen LogP contribution in [0.2, 0.25) is 0 Å². The first-order valence-corrected chi connectivity index (χ1v) is 8.21. The monoisotopic (exact) mass is 379 g/mol. The molecule has 2 heteroatoms. The van der Waals surface area contributed by atoms with Crippen LogP contribution in [-0.2, 0) is 6.54 Å². The van der Waals surface area contributed by atoms with Gasteiger partial charge in [0.2, 0.25) is 0 Å². The Bertz CT molecular complexity index is 927. The summed E-state index contributed by atoms with van der Waals surface area (Å²) < 4.78 is 0.871. The lowest BCUT2D eigenvalue weighted by Gasteiger charge is -2.31. The van der Waals surface area contributed by atoms with Crippen molar-refractivity contribution < 1.29 is 17.0 Å². The van der Waals surface area contributed by atoms with Crippen LogP contribution in [0.5, 0.6) is 0 Å². The second kappa shape index (κ2) is 6.19. The smallest absolute Gasteiger partial charge is 0.146 e. The van der Waals surface area contributed by atoms with Gasteiger partial charge in [0.15, 0.2) is 0 Å². The first kappa shape index (κ1) is 16.9. The molecule has 1 nitrogen and oxygen atoms in total. The van der Waals surface area contributed by atoms with Gasteiger partial charge >= 0.3 is 0 Å². The molecule has 0 N–H and O–H groups in total. The Labute approximate surface area is 154 Å². The molecular formula is C22H22BrN. The summed E-state index contributed by atoms with van der Waals surface area (Å²) in [5.74, 6) is 0. The van der Waals surface area contributed by atoms with E-state index in [1.54, 1.807) is 0 Å². The number of nitrogens with zero attached hydrogens (tertiary/aromatic N) is 1. The number of allylic oxidation sites excluding steroid dienone is 2. The second-order valence-corrected chi connectivity index (χ2v) is 6.73. The van der Waals surface area contributed by atoms with Crippen LogP contribution in [0.4, 0.5) is 5.69 Å². The van der Waals surface area contributed by atoms with Gasteiger partial charge < -0.3 is 17.0 Å². The molecule has 0 amide bonds. The molecule has 0 bridgehead atoms. The Morgan fingerprint density at radius 2 is 1.46 bits per heavy atom. The van der Waals surface area contributed by atoms with Crippen LogP contribution in [0.3, 0.4) is 0 Å². The predicted molar refractivity (Wildman–Crippen MR) is 100 cm³/mol. The maximum Gasteiger partial charge on any atom is 0.146 e. The van der Waals surface area contributed by atoms with E-state index >= 15 is 0 Å². The highest BCUT2D eigenvalue weighted by Crippen LogP contribution is 2.47. The number of halogens is 1. The Kier molecular flexibility index (Phi) is 4.37. The van der Waals surface area contributed by atoms with Gasteiger partial charge in [-0.15, -0.1) is 0 Å². The van der Waals surface area contributed by atoms with E-state index in [-0.39, 0.29) is 17.0 Å². The van der Waals surface area contributed by atoms with Crippen LogP contribution in [-0.4, -0.2) is 7.05 Å². The fourth-order valence-electron chi connectivity index (χ4n) is 3.95. The minimum atomic E-state index is 0. The first-order chi connectivity index (χ1) is 11.1. The van der Waals surface area contributed by atoms with E-state index in [0.29, 0.717) is 0 Å². The van der Waals surface area contributed by atoms with Crippen LogP contribution >= 0.6 is 0 Å². The number of hydrogen-bond donors (Lipinski definition) is 0. The van der Waals surface area contributed by atoms with Gasteiger partial charge in [-0.2, -0.15) is 0 Å². The minimum absolute atomic E-state index is 0. The molecule has 0 aromatic heterocycles. The maximum absolute atomic E-state index is 2.34. The molecule has 0 aliphatic carbocycles. The van der Waals surface area contributed by atoms with Crippen molar-refractivity contribution in [1.82, 2.24) is 4.48 Å². The molecule has 3 aromatic carbocycles. The summed E-state index contributed by atoms with van der Waals surface area (Å²) in [7, 11) is 2.34. The van der Waals surface area contributed by atoms with Crippen LogP contribution in [0.1, 0.15) is 25.0 Å². The molecule has 122 valence electrons. The molecule has 1 atom stereocenters. The van der Waals surface area contributed by atoms with Crippen molar-refractivity contribution in [3.8, 4) is 0 Å². The molecule has 0 spiro atoms. The third-order valence-corrected chi connectivity index (χ3v) is 5.44. The number of benzene rings is 3. The average Bonchev–Trinajstić information content (AvgIpc) is 2.78. The van der Waals surface area contributed by atoms with Gasteiger partial charge in [0.1, 0.15) is 17.9 Å². The van der Waals surface area contributed by atoms with Crippen molar-refractivity contribution in [3.63, 3.8) is 0 Å². The SMILES string of the molecule is CC1=C(C)[N+](C)(Cc2ccccc2)c2ccc3ccccc3c21.[Br-]. The summed E-state index contributed by atoms with van der Waals surface area (Å²) in [5, 5.41) is 2.70. The lowest BCUT2D eigenvalue weighted by atomic mass is 9.99. The lowest BCUT2D eigenvalue weighted by molar-refractivity contribution is -0.00000467. The van der Waals surface area contributed by atoms with E-state index in [9.17, 15) is 0 Å². The second-order valence-electron chi connectivity index (χ2n) is 6.73. The highest BCUT2D eigenvalue weighted by Gasteiger charge is 2.39. The fraction of sp³-hybridized carbons (Fsp3) is 0.182. The normalized spacial score (nSPS) is 19.3. The number of quaternary nitrogens is 1. The predicted octanol–water partition coefficient (Wildman–Crippen LogP) is 2.75. The van der Waals surface area contributed by atoms with Crippen LogP contribution in [0, 0.1) is 0 Å². The van der Waals surface area contributed by atoms with Crippen molar-refractivity contribution >= 4 is 22.0 Å². The summed E-state index contributed by atoms with van der Waals surface area (Å²) in [6.45, 7) is 5.55. The van der Waals surface area contributed by atoms with Gasteiger partial charge in [0.05, 0.1) is 12.6 Å². The van der Waals surface area contributed by atoms with E-state index < -0.39 is 0 Å². The van der Waals surface area contributed by atoms with Crippen LogP contribution < -0.4 is 21.5 Å². The first-order valence-electron chi connectivity index (χ1n) is 8.21. The number of fused-ring (bicyclic) bond motifs is 3. The topological polar surface area (TPSA) is 0 Å². The largest absolute Gasteiger partial charge is 1.00 e. The van der Waals surface area contributed by atoms with Gasteiger partial charge in [0, 0.05) is 24.1 Å². The van der Waals surface area contributed by atoms with Crippen molar-refractivity contribution in [2.75, 3.05) is 7.05 Å². The highest BCUT2D eigenvalue weighted by molar-refractivity contribution is 6.02. The highest BCUT2D eigenvalue weighted by atomic mass is 79.9. The lowest BCUT2D eigenvalue weighted by Crippen LogP contribution is -3.00. The molecule has 4 rings (SSSR count). The van der Waals surface area contributed by atoms with Gasteiger partial charge in [-0.3, -0.25) is 4.48 Å². The summed E-state index contributed by atoms with van der Waals surface area (Å²) in [6.07, 6.45) is 0. The Hall–Kier alpha value is -1.90. The van der Waals surface area contributed by atoms with Gasteiger partial charge in [-0.1, -0.05) is 54.6 Å². The van der Waals surface area contributed by atoms with Gasteiger partial charge in [-0.05, 0) is 23.8 Å². The Morgan fingerprint density at radius 1 is 0.792 bits per heavy atom. The number of hydrogen-bond acceptors (Lipinski definition) is 0. The summed E-state index contributed by atoms with van der Waals surface area (Å²) >= 11 is 0. The van der Waals surface area contributed by atoms with Crippen molar-refractivity contribution in [1.29, 1.82) is 0 Å². The molecule has 0 saturated heterocycles. The Balaban J connectivity index is 0.00000169. The van der Waals surface area contributed by atoms with E-state index in [2.05, 4.69) is 87.6 Å². The van der Waals surface area contributed by atoms with E-state index in [4.69, 9.17) is 0 Å². The van der Waals surface area contributed by atoms with Gasteiger partial charge in [0.25, 0.3) is 0 Å². The molecule has 0 radical (unpaired) electrons. The standard InChI is InChI=1S/C22H22N.BrH/c1-16-17(2)23(3,15-18-9-5-4-6-10-18)21-14-13-19-11-7-8-12-20(19)22(16)21;/h4-14H,15H2,1-3H3;1H/q+1;/p-1. The summed E-state index contributed by atoms with van der Waals surface area (Å²) in [6, 6.07) is 24.1. The van der Waals surface area contributed by atoms with Gasteiger partial charge in [-0.25, -0.2) is 0 Å². The molecule has 0 fully saturated rings. The molecule has 3 aromatic rings. The molecule has 24 heavy (non-hydrogen) atoms. The summed E-state index contributed by atoms with van der Waals surface area (Å²) in [5.41, 5.74) is 7.10. The van der Waals surface area contributed by atoms with E-state index in [1.165, 1.54) is 38.9 Å². The quantitative estimate of drug-likeness (QED) is 0.600. The third kappa shape index (κ3) is 2.42. The summed E-state index contributed by atoms with van der Waals surface area (Å²) in [4.78, 5) is 0. The molecule has 1 heterocycles. The zero-order valence-electron chi connectivity index (χ0n) is 14.4. The molecule has 0 saturated carbocycles. The van der Waals surface area contributed by atoms with Crippen LogP contribution in [0.15, 0.2) is 72.4 Å². The maximum atomic E-state index is 2.34. The van der Waals surface area contributed by atoms with Crippen molar-refractivity contribution in [2.45, 2.75) is 20.4 Å². The third-order valence-electron chi connectivity index (χ3n) is 5.44. The van der Waals surface area contributed by atoms with Crippen molar-refractivity contribution in [3.05, 3.63) is 83.6 Å². The number of rotatable bonds is 2. The van der Waals surface area contributed by atoms with E-state index in [1.807, 2.05) is 0 Å².